The second kappa shape index (κ2) is 13.2. The highest BCUT2D eigenvalue weighted by molar-refractivity contribution is 5.62. The molecule has 1 aliphatic rings. The smallest absolute Gasteiger partial charge is 0.146 e. The van der Waals surface area contributed by atoms with Gasteiger partial charge >= 0.3 is 0 Å². The van der Waals surface area contributed by atoms with Crippen molar-refractivity contribution in [2.24, 2.45) is 0 Å². The average molecular weight is 326 g/mol. The molecule has 0 fully saturated rings. The monoisotopic (exact) mass is 326 g/mol. The molecule has 6 heteroatoms. The van der Waals surface area contributed by atoms with Gasteiger partial charge in [-0.2, -0.15) is 0 Å². The second-order valence-electron chi connectivity index (χ2n) is 5.46. The average Bonchev–Trinajstić information content (AvgIpc) is 2.56. The van der Waals surface area contributed by atoms with Crippen LogP contribution >= 0.6 is 0 Å². The molecule has 0 amide bonds. The van der Waals surface area contributed by atoms with Crippen LogP contribution in [0.2, 0.25) is 0 Å². The molecule has 1 unspecified atom stereocenters. The first-order valence-electron chi connectivity index (χ1n) is 8.27. The highest BCUT2D eigenvalue weighted by Crippen LogP contribution is 2.02. The minimum absolute atomic E-state index is 0.210. The van der Waals surface area contributed by atoms with E-state index in [9.17, 15) is 4.79 Å². The van der Waals surface area contributed by atoms with Gasteiger partial charge in [0, 0.05) is 25.4 Å². The molecule has 0 aromatic carbocycles. The Hall–Kier alpha value is -1.21. The van der Waals surface area contributed by atoms with E-state index in [1.165, 1.54) is 0 Å². The highest BCUT2D eigenvalue weighted by Gasteiger charge is 2.10. The molecule has 23 heavy (non-hydrogen) atoms. The van der Waals surface area contributed by atoms with Crippen LogP contribution in [0, 0.1) is 0 Å². The summed E-state index contributed by atoms with van der Waals surface area (Å²) in [6, 6.07) is -0.210. The van der Waals surface area contributed by atoms with E-state index in [1.807, 2.05) is 25.3 Å². The van der Waals surface area contributed by atoms with Crippen molar-refractivity contribution >= 4 is 6.29 Å². The number of hydrogen-bond acceptors (Lipinski definition) is 6. The molecule has 1 N–H and O–H groups in total. The van der Waals surface area contributed by atoms with Crippen molar-refractivity contribution in [1.29, 1.82) is 0 Å². The molecule has 1 heterocycles. The number of dihydropyridines is 1. The number of ether oxygens (including phenoxy) is 3. The Labute approximate surface area is 139 Å². The van der Waals surface area contributed by atoms with Gasteiger partial charge < -0.3 is 24.3 Å². The lowest BCUT2D eigenvalue weighted by Gasteiger charge is -2.22. The fourth-order valence-electron chi connectivity index (χ4n) is 2.06. The lowest BCUT2D eigenvalue weighted by atomic mass is 10.2. The second-order valence-corrected chi connectivity index (χ2v) is 5.46. The molecule has 1 rings (SSSR count). The summed E-state index contributed by atoms with van der Waals surface area (Å²) in [7, 11) is 2.03. The van der Waals surface area contributed by atoms with Crippen molar-refractivity contribution in [2.45, 2.75) is 19.4 Å². The standard InChI is InChI=1S/C17H30N2O4/c1-3-8-21-10-12-23-13-11-22-9-7-19(2)14-16-5-4-6-17(15-20)18-16/h4-6,15,17-18H,3,7-14H2,1-2H3. The van der Waals surface area contributed by atoms with Crippen molar-refractivity contribution in [3.8, 4) is 0 Å². The molecule has 6 nitrogen and oxygen atoms in total. The summed E-state index contributed by atoms with van der Waals surface area (Å²) in [6.45, 7) is 7.59. The lowest BCUT2D eigenvalue weighted by Crippen LogP contribution is -2.36. The number of allylic oxidation sites excluding steroid dienone is 2. The van der Waals surface area contributed by atoms with Crippen LogP contribution < -0.4 is 5.32 Å². The van der Waals surface area contributed by atoms with Gasteiger partial charge in [-0.3, -0.25) is 4.90 Å². The zero-order valence-electron chi connectivity index (χ0n) is 14.3. The number of hydrogen-bond donors (Lipinski definition) is 1. The maximum absolute atomic E-state index is 10.8. The van der Waals surface area contributed by atoms with Crippen molar-refractivity contribution < 1.29 is 19.0 Å². The van der Waals surface area contributed by atoms with Crippen molar-refractivity contribution in [3.63, 3.8) is 0 Å². The van der Waals surface area contributed by atoms with E-state index >= 15 is 0 Å². The van der Waals surface area contributed by atoms with Gasteiger partial charge in [-0.25, -0.2) is 0 Å². The Morgan fingerprint density at radius 2 is 1.78 bits per heavy atom. The van der Waals surface area contributed by atoms with Crippen molar-refractivity contribution in [1.82, 2.24) is 10.2 Å². The van der Waals surface area contributed by atoms with Crippen LogP contribution in [0.3, 0.4) is 0 Å². The first-order valence-corrected chi connectivity index (χ1v) is 8.27. The van der Waals surface area contributed by atoms with Gasteiger partial charge in [0.1, 0.15) is 12.3 Å². The number of carbonyl (C=O) groups excluding carboxylic acids is 1. The number of nitrogens with zero attached hydrogens (tertiary/aromatic N) is 1. The predicted octanol–water partition coefficient (Wildman–Crippen LogP) is 0.989. The van der Waals surface area contributed by atoms with E-state index in [0.717, 1.165) is 38.1 Å². The van der Waals surface area contributed by atoms with E-state index in [-0.39, 0.29) is 6.04 Å². The van der Waals surface area contributed by atoms with Crippen LogP contribution in [0.5, 0.6) is 0 Å². The van der Waals surface area contributed by atoms with E-state index in [2.05, 4.69) is 17.1 Å². The topological polar surface area (TPSA) is 60.0 Å². The number of likely N-dealkylation sites (N-methyl/N-ethyl adjacent to an activating group) is 1. The van der Waals surface area contributed by atoms with Crippen molar-refractivity contribution in [2.75, 3.05) is 59.8 Å². The summed E-state index contributed by atoms with van der Waals surface area (Å²) < 4.78 is 16.3. The Morgan fingerprint density at radius 3 is 2.43 bits per heavy atom. The molecule has 0 saturated heterocycles. The van der Waals surface area contributed by atoms with Gasteiger partial charge in [-0.1, -0.05) is 19.1 Å². The van der Waals surface area contributed by atoms with Crippen molar-refractivity contribution in [3.05, 3.63) is 23.9 Å². The van der Waals surface area contributed by atoms with Crippen LogP contribution in [-0.4, -0.2) is 77.0 Å². The minimum atomic E-state index is -0.210. The van der Waals surface area contributed by atoms with Crippen LogP contribution in [-0.2, 0) is 19.0 Å². The Bertz CT molecular complexity index is 372. The zero-order chi connectivity index (χ0) is 16.8. The minimum Gasteiger partial charge on any atom is -0.379 e. The number of nitrogens with one attached hydrogen (secondary N) is 1. The van der Waals surface area contributed by atoms with Crippen LogP contribution in [0.25, 0.3) is 0 Å². The molecule has 0 bridgehead atoms. The molecule has 0 aromatic rings. The Kier molecular flexibility index (Phi) is 11.4. The number of carbonyl (C=O) groups is 1. The summed E-state index contributed by atoms with van der Waals surface area (Å²) in [5.41, 5.74) is 1.04. The highest BCUT2D eigenvalue weighted by atomic mass is 16.5. The normalized spacial score (nSPS) is 17.2. The van der Waals surface area contributed by atoms with Gasteiger partial charge in [-0.05, 0) is 19.5 Å². The third kappa shape index (κ3) is 10.2. The summed E-state index contributed by atoms with van der Waals surface area (Å²) >= 11 is 0. The molecular weight excluding hydrogens is 296 g/mol. The maximum Gasteiger partial charge on any atom is 0.146 e. The molecule has 0 aliphatic carbocycles. The SMILES string of the molecule is CCCOCCOCCOCCN(C)CC1=CC=CC(C=O)N1. The third-order valence-corrected chi connectivity index (χ3v) is 3.26. The predicted molar refractivity (Wildman–Crippen MR) is 90.5 cm³/mol. The summed E-state index contributed by atoms with van der Waals surface area (Å²) in [5.74, 6) is 0. The largest absolute Gasteiger partial charge is 0.379 e. The molecule has 0 radical (unpaired) electrons. The summed E-state index contributed by atoms with van der Waals surface area (Å²) in [6.07, 6.45) is 7.69. The third-order valence-electron chi connectivity index (χ3n) is 3.26. The number of aldehydes is 1. The van der Waals surface area contributed by atoms with Gasteiger partial charge in [0.2, 0.25) is 0 Å². The van der Waals surface area contributed by atoms with Gasteiger partial charge in [0.05, 0.1) is 33.0 Å². The van der Waals surface area contributed by atoms with E-state index < -0.39 is 0 Å². The van der Waals surface area contributed by atoms with E-state index in [4.69, 9.17) is 14.2 Å². The molecule has 0 spiro atoms. The van der Waals surface area contributed by atoms with Gasteiger partial charge in [0.25, 0.3) is 0 Å². The molecule has 1 aliphatic heterocycles. The Morgan fingerprint density at radius 1 is 1.13 bits per heavy atom. The lowest BCUT2D eigenvalue weighted by molar-refractivity contribution is -0.108. The molecule has 1 atom stereocenters. The van der Waals surface area contributed by atoms with E-state index in [0.29, 0.717) is 33.0 Å². The molecule has 0 aromatic heterocycles. The van der Waals surface area contributed by atoms with Gasteiger partial charge in [0.15, 0.2) is 0 Å². The van der Waals surface area contributed by atoms with Crippen LogP contribution in [0.15, 0.2) is 23.9 Å². The quantitative estimate of drug-likeness (QED) is 0.379. The molecule has 0 saturated carbocycles. The Balaban J connectivity index is 1.94. The molecular formula is C17H30N2O4. The summed E-state index contributed by atoms with van der Waals surface area (Å²) in [4.78, 5) is 12.9. The zero-order valence-corrected chi connectivity index (χ0v) is 14.3. The maximum atomic E-state index is 10.8. The van der Waals surface area contributed by atoms with Gasteiger partial charge in [-0.15, -0.1) is 0 Å². The fourth-order valence-corrected chi connectivity index (χ4v) is 2.06. The van der Waals surface area contributed by atoms with E-state index in [1.54, 1.807) is 0 Å². The first kappa shape index (κ1) is 19.8. The number of rotatable bonds is 14. The fraction of sp³-hybridized carbons (Fsp3) is 0.706. The molecule has 132 valence electrons. The van der Waals surface area contributed by atoms with Crippen LogP contribution in [0.1, 0.15) is 13.3 Å². The van der Waals surface area contributed by atoms with Crippen LogP contribution in [0.4, 0.5) is 0 Å². The first-order chi connectivity index (χ1) is 11.3. The summed E-state index contributed by atoms with van der Waals surface area (Å²) in [5, 5.41) is 3.17.